The van der Waals surface area contributed by atoms with Crippen molar-refractivity contribution in [1.29, 1.82) is 0 Å². The number of aryl methyl sites for hydroxylation is 1. The van der Waals surface area contributed by atoms with E-state index >= 15 is 0 Å². The van der Waals surface area contributed by atoms with Crippen molar-refractivity contribution in [2.45, 2.75) is 57.7 Å². The Balaban J connectivity index is 1.55. The van der Waals surface area contributed by atoms with E-state index in [1.165, 1.54) is 6.07 Å². The van der Waals surface area contributed by atoms with E-state index < -0.39 is 15.3 Å². The van der Waals surface area contributed by atoms with Gasteiger partial charge in [-0.2, -0.15) is 0 Å². The van der Waals surface area contributed by atoms with Crippen molar-refractivity contribution in [2.24, 2.45) is 5.92 Å². The van der Waals surface area contributed by atoms with Crippen LogP contribution in [0.2, 0.25) is 0 Å². The molecule has 3 rings (SSSR count). The second kappa shape index (κ2) is 8.02. The molecule has 27 heavy (non-hydrogen) atoms. The summed E-state index contributed by atoms with van der Waals surface area (Å²) in [6.45, 7) is 6.19. The molecular formula is C20H28N2O4S. The largest absolute Gasteiger partial charge is 0.422 e. The van der Waals surface area contributed by atoms with E-state index in [0.717, 1.165) is 48.9 Å². The Hall–Kier alpha value is -1.86. The minimum atomic E-state index is -3.20. The molecule has 0 bridgehead atoms. The zero-order chi connectivity index (χ0) is 19.6. The lowest BCUT2D eigenvalue weighted by molar-refractivity contribution is 0.323. The van der Waals surface area contributed by atoms with Crippen molar-refractivity contribution >= 4 is 26.7 Å². The average molecular weight is 393 g/mol. The fraction of sp³-hybridized carbons (Fsp3) is 0.550. The van der Waals surface area contributed by atoms with Crippen LogP contribution in [0.1, 0.15) is 45.1 Å². The zero-order valence-corrected chi connectivity index (χ0v) is 16.9. The maximum atomic E-state index is 12.0. The van der Waals surface area contributed by atoms with Crippen LogP contribution in [-0.4, -0.2) is 26.3 Å². The summed E-state index contributed by atoms with van der Waals surface area (Å²) in [5.41, 5.74) is 2.23. The molecular weight excluding hydrogens is 364 g/mol. The molecule has 1 fully saturated rings. The third-order valence-corrected chi connectivity index (χ3v) is 7.20. The van der Waals surface area contributed by atoms with Gasteiger partial charge in [0.1, 0.15) is 5.58 Å². The van der Waals surface area contributed by atoms with Crippen LogP contribution in [0, 0.1) is 12.8 Å². The smallest absolute Gasteiger partial charge is 0.336 e. The normalized spacial score (nSPS) is 20.9. The maximum Gasteiger partial charge on any atom is 0.336 e. The highest BCUT2D eigenvalue weighted by molar-refractivity contribution is 7.90. The molecule has 1 aliphatic rings. The van der Waals surface area contributed by atoms with Gasteiger partial charge in [-0.3, -0.25) is 0 Å². The van der Waals surface area contributed by atoms with Crippen LogP contribution in [0.3, 0.4) is 0 Å². The second-order valence-electron chi connectivity index (χ2n) is 7.78. The van der Waals surface area contributed by atoms with Gasteiger partial charge in [-0.15, -0.1) is 0 Å². The highest BCUT2D eigenvalue weighted by Gasteiger charge is 2.26. The average Bonchev–Trinajstić information content (AvgIpc) is 2.61. The van der Waals surface area contributed by atoms with E-state index in [1.807, 2.05) is 19.1 Å². The van der Waals surface area contributed by atoms with Gasteiger partial charge in [0.25, 0.3) is 0 Å². The lowest BCUT2D eigenvalue weighted by Crippen LogP contribution is -2.41. The van der Waals surface area contributed by atoms with Gasteiger partial charge in [0.2, 0.25) is 10.0 Å². The minimum Gasteiger partial charge on any atom is -0.422 e. The first-order valence-corrected chi connectivity index (χ1v) is 11.1. The van der Waals surface area contributed by atoms with Crippen molar-refractivity contribution in [2.75, 3.05) is 11.9 Å². The Morgan fingerprint density at radius 1 is 1.15 bits per heavy atom. The van der Waals surface area contributed by atoms with Crippen LogP contribution in [0.15, 0.2) is 33.5 Å². The Kier molecular flexibility index (Phi) is 5.91. The maximum absolute atomic E-state index is 12.0. The van der Waals surface area contributed by atoms with E-state index in [1.54, 1.807) is 19.9 Å². The monoisotopic (exact) mass is 392 g/mol. The summed E-state index contributed by atoms with van der Waals surface area (Å²) < 4.78 is 32.1. The summed E-state index contributed by atoms with van der Waals surface area (Å²) in [5, 5.41) is 4.00. The van der Waals surface area contributed by atoms with Crippen LogP contribution in [0.25, 0.3) is 11.0 Å². The van der Waals surface area contributed by atoms with E-state index in [4.69, 9.17) is 4.42 Å². The third kappa shape index (κ3) is 4.90. The van der Waals surface area contributed by atoms with Crippen molar-refractivity contribution in [3.63, 3.8) is 0 Å². The summed E-state index contributed by atoms with van der Waals surface area (Å²) in [6.07, 6.45) is 3.75. The summed E-state index contributed by atoms with van der Waals surface area (Å²) >= 11 is 0. The van der Waals surface area contributed by atoms with E-state index in [-0.39, 0.29) is 11.7 Å². The van der Waals surface area contributed by atoms with Crippen molar-refractivity contribution in [1.82, 2.24) is 4.72 Å². The lowest BCUT2D eigenvalue weighted by atomic mass is 9.86. The quantitative estimate of drug-likeness (QED) is 0.736. The second-order valence-corrected chi connectivity index (χ2v) is 10.0. The van der Waals surface area contributed by atoms with Gasteiger partial charge in [0.15, 0.2) is 0 Å². The molecule has 1 aliphatic carbocycles. The molecule has 7 heteroatoms. The van der Waals surface area contributed by atoms with Crippen molar-refractivity contribution < 1.29 is 12.8 Å². The molecule has 1 aromatic heterocycles. The van der Waals surface area contributed by atoms with Crippen LogP contribution < -0.4 is 15.7 Å². The lowest BCUT2D eigenvalue weighted by Gasteiger charge is -2.29. The zero-order valence-electron chi connectivity index (χ0n) is 16.1. The number of anilines is 1. The van der Waals surface area contributed by atoms with Gasteiger partial charge in [-0.05, 0) is 76.1 Å². The van der Waals surface area contributed by atoms with Gasteiger partial charge < -0.3 is 9.73 Å². The summed E-state index contributed by atoms with van der Waals surface area (Å²) in [5.74, 6) is 0.523. The summed E-state index contributed by atoms with van der Waals surface area (Å²) in [4.78, 5) is 11.4. The van der Waals surface area contributed by atoms with Gasteiger partial charge in [0, 0.05) is 29.7 Å². The van der Waals surface area contributed by atoms with Gasteiger partial charge >= 0.3 is 5.63 Å². The van der Waals surface area contributed by atoms with Crippen LogP contribution in [-0.2, 0) is 10.0 Å². The third-order valence-electron chi connectivity index (χ3n) is 5.30. The molecule has 0 saturated heterocycles. The Morgan fingerprint density at radius 3 is 2.52 bits per heavy atom. The predicted octanol–water partition coefficient (Wildman–Crippen LogP) is 3.40. The molecule has 1 saturated carbocycles. The molecule has 1 heterocycles. The van der Waals surface area contributed by atoms with Crippen molar-refractivity contribution in [3.8, 4) is 0 Å². The first-order valence-electron chi connectivity index (χ1n) is 9.54. The number of rotatable bonds is 6. The predicted molar refractivity (Wildman–Crippen MR) is 109 cm³/mol. The molecule has 1 aromatic carbocycles. The molecule has 0 unspecified atom stereocenters. The molecule has 0 spiro atoms. The molecule has 2 N–H and O–H groups in total. The molecule has 148 valence electrons. The van der Waals surface area contributed by atoms with Gasteiger partial charge in [-0.1, -0.05) is 0 Å². The number of benzene rings is 1. The molecule has 6 nitrogen and oxygen atoms in total. The fourth-order valence-corrected chi connectivity index (χ4v) is 4.55. The fourth-order valence-electron chi connectivity index (χ4n) is 3.57. The van der Waals surface area contributed by atoms with E-state index in [9.17, 15) is 13.2 Å². The van der Waals surface area contributed by atoms with Gasteiger partial charge in [0.05, 0.1) is 5.25 Å². The minimum absolute atomic E-state index is 0.0551. The number of sulfonamides is 1. The standard InChI is InChI=1S/C20H28N2O4S/c1-13(2)27(24,25)22-17-7-4-15(5-8-17)12-21-18-10-14(3)20-16(11-18)6-9-19(23)26-20/h6,9-11,13,15,17,21-22H,4-5,7-8,12H2,1-3H3. The van der Waals surface area contributed by atoms with Crippen LogP contribution in [0.5, 0.6) is 0 Å². The van der Waals surface area contributed by atoms with Gasteiger partial charge in [-0.25, -0.2) is 17.9 Å². The molecule has 0 atom stereocenters. The number of fused-ring (bicyclic) bond motifs is 1. The molecule has 2 aromatic rings. The SMILES string of the molecule is Cc1cc(NCC2CCC(NS(=O)(=O)C(C)C)CC2)cc2ccc(=O)oc12. The first-order chi connectivity index (χ1) is 12.7. The number of hydrogen-bond acceptors (Lipinski definition) is 5. The van der Waals surface area contributed by atoms with E-state index in [2.05, 4.69) is 10.0 Å². The Bertz CT molecular complexity index is 958. The summed E-state index contributed by atoms with van der Waals surface area (Å²) in [6, 6.07) is 7.26. The molecule has 0 amide bonds. The highest BCUT2D eigenvalue weighted by atomic mass is 32.2. The number of nitrogens with one attached hydrogen (secondary N) is 2. The Morgan fingerprint density at radius 2 is 1.85 bits per heavy atom. The van der Waals surface area contributed by atoms with Crippen LogP contribution in [0.4, 0.5) is 5.69 Å². The topological polar surface area (TPSA) is 88.4 Å². The van der Waals surface area contributed by atoms with Crippen LogP contribution >= 0.6 is 0 Å². The van der Waals surface area contributed by atoms with Crippen molar-refractivity contribution in [3.05, 3.63) is 40.2 Å². The highest BCUT2D eigenvalue weighted by Crippen LogP contribution is 2.27. The Labute approximate surface area is 160 Å². The first kappa shape index (κ1) is 19.9. The van der Waals surface area contributed by atoms with E-state index in [0.29, 0.717) is 11.5 Å². The summed E-state index contributed by atoms with van der Waals surface area (Å²) in [7, 11) is -3.20. The molecule has 0 radical (unpaired) electrons. The molecule has 0 aliphatic heterocycles. The number of hydrogen-bond donors (Lipinski definition) is 2.